The molecule has 0 unspecified atom stereocenters. The van der Waals surface area contributed by atoms with Crippen molar-refractivity contribution in [1.82, 2.24) is 9.97 Å². The third kappa shape index (κ3) is 2.03. The highest BCUT2D eigenvalue weighted by molar-refractivity contribution is 5.76. The molecule has 0 amide bonds. The molecular formula is C11H13N5. The van der Waals surface area contributed by atoms with Crippen molar-refractivity contribution in [3.05, 3.63) is 36.2 Å². The van der Waals surface area contributed by atoms with Crippen LogP contribution in [0.2, 0.25) is 0 Å². The van der Waals surface area contributed by atoms with Gasteiger partial charge in [0.15, 0.2) is 11.6 Å². The van der Waals surface area contributed by atoms with Crippen molar-refractivity contribution in [2.75, 3.05) is 16.8 Å². The van der Waals surface area contributed by atoms with Gasteiger partial charge in [-0.15, -0.1) is 0 Å². The summed E-state index contributed by atoms with van der Waals surface area (Å²) in [5.41, 5.74) is 13.8. The van der Waals surface area contributed by atoms with E-state index < -0.39 is 0 Å². The maximum Gasteiger partial charge on any atom is 0.159 e. The van der Waals surface area contributed by atoms with Crippen molar-refractivity contribution < 1.29 is 0 Å². The Morgan fingerprint density at radius 1 is 1.06 bits per heavy atom. The number of nitrogen functional groups attached to an aromatic ring is 2. The minimum absolute atomic E-state index is 0.282. The predicted molar refractivity (Wildman–Crippen MR) is 65.3 cm³/mol. The maximum atomic E-state index is 5.75. The molecule has 0 bridgehead atoms. The van der Waals surface area contributed by atoms with Gasteiger partial charge in [-0.3, -0.25) is 0 Å². The third-order valence-corrected chi connectivity index (χ3v) is 2.23. The first-order chi connectivity index (χ1) is 7.66. The van der Waals surface area contributed by atoms with Crippen molar-refractivity contribution in [3.63, 3.8) is 0 Å². The molecule has 5 nitrogen and oxygen atoms in total. The van der Waals surface area contributed by atoms with Crippen LogP contribution in [0.3, 0.4) is 0 Å². The number of nitrogens with one attached hydrogen (secondary N) is 1. The number of benzene rings is 1. The molecule has 0 saturated heterocycles. The van der Waals surface area contributed by atoms with E-state index in [1.54, 1.807) is 0 Å². The molecule has 82 valence electrons. The lowest BCUT2D eigenvalue weighted by atomic mass is 10.2. The van der Waals surface area contributed by atoms with E-state index in [1.165, 1.54) is 11.9 Å². The van der Waals surface area contributed by atoms with E-state index >= 15 is 0 Å². The monoisotopic (exact) mass is 215 g/mol. The number of aromatic nitrogens is 2. The minimum Gasteiger partial charge on any atom is -0.393 e. The molecule has 0 saturated carbocycles. The number of aryl methyl sites for hydroxylation is 1. The van der Waals surface area contributed by atoms with Crippen LogP contribution in [0.15, 0.2) is 30.6 Å². The lowest BCUT2D eigenvalue weighted by Gasteiger charge is -2.08. The first-order valence-electron chi connectivity index (χ1n) is 4.86. The van der Waals surface area contributed by atoms with Gasteiger partial charge in [0.05, 0.1) is 0 Å². The van der Waals surface area contributed by atoms with Gasteiger partial charge < -0.3 is 16.8 Å². The van der Waals surface area contributed by atoms with E-state index in [0.717, 1.165) is 5.69 Å². The topological polar surface area (TPSA) is 89.8 Å². The van der Waals surface area contributed by atoms with E-state index in [1.807, 2.05) is 31.2 Å². The Hall–Kier alpha value is -2.30. The van der Waals surface area contributed by atoms with Gasteiger partial charge >= 0.3 is 0 Å². The average Bonchev–Trinajstić information content (AvgIpc) is 2.28. The van der Waals surface area contributed by atoms with Crippen molar-refractivity contribution in [2.24, 2.45) is 0 Å². The van der Waals surface area contributed by atoms with Crippen LogP contribution in [0.5, 0.6) is 0 Å². The minimum atomic E-state index is 0.282. The van der Waals surface area contributed by atoms with Crippen LogP contribution >= 0.6 is 0 Å². The normalized spacial score (nSPS) is 10.1. The summed E-state index contributed by atoms with van der Waals surface area (Å²) in [5, 5.41) is 3.08. The van der Waals surface area contributed by atoms with Crippen LogP contribution in [0.25, 0.3) is 0 Å². The average molecular weight is 215 g/mol. The summed E-state index contributed by atoms with van der Waals surface area (Å²) in [5.74, 6) is 0.806. The summed E-state index contributed by atoms with van der Waals surface area (Å²) < 4.78 is 0. The van der Waals surface area contributed by atoms with E-state index in [2.05, 4.69) is 15.3 Å². The highest BCUT2D eigenvalue weighted by Crippen LogP contribution is 2.23. The van der Waals surface area contributed by atoms with Gasteiger partial charge in [-0.05, 0) is 19.1 Å². The zero-order chi connectivity index (χ0) is 11.5. The molecule has 0 aliphatic rings. The fourth-order valence-corrected chi connectivity index (χ4v) is 1.28. The van der Waals surface area contributed by atoms with Crippen LogP contribution < -0.4 is 16.8 Å². The van der Waals surface area contributed by atoms with Gasteiger partial charge in [0, 0.05) is 5.69 Å². The fraction of sp³-hybridized carbons (Fsp3) is 0.0909. The molecule has 0 aliphatic carbocycles. The second kappa shape index (κ2) is 4.06. The Morgan fingerprint density at radius 3 is 2.44 bits per heavy atom. The number of nitrogens with two attached hydrogens (primary N) is 2. The summed E-state index contributed by atoms with van der Waals surface area (Å²) in [6, 6.07) is 7.91. The lowest BCUT2D eigenvalue weighted by Crippen LogP contribution is -2.04. The number of hydrogen-bond donors (Lipinski definition) is 3. The van der Waals surface area contributed by atoms with Crippen LogP contribution in [-0.2, 0) is 0 Å². The third-order valence-electron chi connectivity index (χ3n) is 2.23. The second-order valence-electron chi connectivity index (χ2n) is 3.51. The molecular weight excluding hydrogens is 202 g/mol. The molecule has 2 aromatic rings. The summed E-state index contributed by atoms with van der Waals surface area (Å²) in [6.07, 6.45) is 1.38. The molecule has 1 aromatic carbocycles. The highest BCUT2D eigenvalue weighted by Gasteiger charge is 2.04. The Morgan fingerprint density at radius 2 is 1.75 bits per heavy atom. The summed E-state index contributed by atoms with van der Waals surface area (Å²) in [7, 11) is 0. The van der Waals surface area contributed by atoms with Gasteiger partial charge in [0.2, 0.25) is 0 Å². The van der Waals surface area contributed by atoms with Gasteiger partial charge in [-0.1, -0.05) is 17.7 Å². The molecule has 1 heterocycles. The number of hydrogen-bond acceptors (Lipinski definition) is 5. The fourth-order valence-electron chi connectivity index (χ4n) is 1.28. The standard InChI is InChI=1S/C11H13N5/c1-7-2-4-8(5-3-7)16-11-9(12)10(13)14-6-15-11/h2-6H,12H2,1H3,(H3,13,14,15,16). The molecule has 0 atom stereocenters. The molecule has 16 heavy (non-hydrogen) atoms. The quantitative estimate of drug-likeness (QED) is 0.709. The molecule has 2 rings (SSSR count). The number of anilines is 4. The van der Waals surface area contributed by atoms with Gasteiger partial charge in [0.25, 0.3) is 0 Å². The molecule has 0 radical (unpaired) electrons. The second-order valence-corrected chi connectivity index (χ2v) is 3.51. The number of nitrogens with zero attached hydrogens (tertiary/aromatic N) is 2. The van der Waals surface area contributed by atoms with Gasteiger partial charge in [-0.2, -0.15) is 0 Å². The molecule has 0 spiro atoms. The summed E-state index contributed by atoms with van der Waals surface area (Å²) in [4.78, 5) is 7.83. The van der Waals surface area contributed by atoms with Crippen LogP contribution in [-0.4, -0.2) is 9.97 Å². The molecule has 5 N–H and O–H groups in total. The zero-order valence-corrected chi connectivity index (χ0v) is 8.94. The van der Waals surface area contributed by atoms with Gasteiger partial charge in [0.1, 0.15) is 12.0 Å². The maximum absolute atomic E-state index is 5.75. The van der Waals surface area contributed by atoms with E-state index in [9.17, 15) is 0 Å². The molecule has 5 heteroatoms. The van der Waals surface area contributed by atoms with Gasteiger partial charge in [-0.25, -0.2) is 9.97 Å². The van der Waals surface area contributed by atoms with Crippen molar-refractivity contribution in [1.29, 1.82) is 0 Å². The lowest BCUT2D eigenvalue weighted by molar-refractivity contribution is 1.18. The Labute approximate surface area is 93.5 Å². The van der Waals surface area contributed by atoms with Crippen molar-refractivity contribution >= 4 is 23.0 Å². The van der Waals surface area contributed by atoms with E-state index in [0.29, 0.717) is 11.5 Å². The van der Waals surface area contributed by atoms with E-state index in [4.69, 9.17) is 11.5 Å². The predicted octanol–water partition coefficient (Wildman–Crippen LogP) is 1.69. The SMILES string of the molecule is Cc1ccc(Nc2ncnc(N)c2N)cc1. The van der Waals surface area contributed by atoms with Crippen LogP contribution in [0.4, 0.5) is 23.0 Å². The molecule has 0 fully saturated rings. The first-order valence-corrected chi connectivity index (χ1v) is 4.86. The zero-order valence-electron chi connectivity index (χ0n) is 8.94. The largest absolute Gasteiger partial charge is 0.393 e. The van der Waals surface area contributed by atoms with Crippen molar-refractivity contribution in [2.45, 2.75) is 6.92 Å². The summed E-state index contributed by atoms with van der Waals surface area (Å²) in [6.45, 7) is 2.03. The van der Waals surface area contributed by atoms with Crippen LogP contribution in [0, 0.1) is 6.92 Å². The Balaban J connectivity index is 2.27. The smallest absolute Gasteiger partial charge is 0.159 e. The number of rotatable bonds is 2. The van der Waals surface area contributed by atoms with Crippen LogP contribution in [0.1, 0.15) is 5.56 Å². The Kier molecular flexibility index (Phi) is 2.59. The molecule has 0 aliphatic heterocycles. The Bertz CT molecular complexity index is 492. The first kappa shape index (κ1) is 10.2. The highest BCUT2D eigenvalue weighted by atomic mass is 15.1. The summed E-state index contributed by atoms with van der Waals surface area (Å²) >= 11 is 0. The van der Waals surface area contributed by atoms with Crippen molar-refractivity contribution in [3.8, 4) is 0 Å². The molecule has 1 aromatic heterocycles. The van der Waals surface area contributed by atoms with E-state index in [-0.39, 0.29) is 5.82 Å².